The molecular weight excluding hydrogens is 376 g/mol. The highest BCUT2D eigenvalue weighted by Crippen LogP contribution is 2.29. The summed E-state index contributed by atoms with van der Waals surface area (Å²) in [4.78, 5) is 0. The molecule has 0 aliphatic heterocycles. The molecular formula is C15H14ClFIN. The quantitative estimate of drug-likeness (QED) is 0.667. The highest BCUT2D eigenvalue weighted by atomic mass is 127. The lowest BCUT2D eigenvalue weighted by Crippen LogP contribution is -2.10. The number of hydrogen-bond donors (Lipinski definition) is 1. The molecule has 0 spiro atoms. The van der Waals surface area contributed by atoms with Gasteiger partial charge >= 0.3 is 0 Å². The van der Waals surface area contributed by atoms with Crippen molar-refractivity contribution in [3.05, 3.63) is 62.4 Å². The van der Waals surface area contributed by atoms with E-state index in [1.165, 1.54) is 12.1 Å². The van der Waals surface area contributed by atoms with E-state index in [9.17, 15) is 4.39 Å². The van der Waals surface area contributed by atoms with E-state index in [-0.39, 0.29) is 11.9 Å². The molecule has 0 amide bonds. The fourth-order valence-corrected chi connectivity index (χ4v) is 2.82. The van der Waals surface area contributed by atoms with E-state index in [0.717, 1.165) is 21.2 Å². The summed E-state index contributed by atoms with van der Waals surface area (Å²) in [6.07, 6.45) is 0.897. The van der Waals surface area contributed by atoms with E-state index in [0.29, 0.717) is 5.02 Å². The molecule has 1 nitrogen and oxygen atoms in total. The Balaban J connectivity index is 2.21. The Morgan fingerprint density at radius 3 is 2.47 bits per heavy atom. The minimum absolute atomic E-state index is 0.123. The van der Waals surface area contributed by atoms with Crippen molar-refractivity contribution < 1.29 is 4.39 Å². The minimum atomic E-state index is -0.217. The fourth-order valence-electron chi connectivity index (χ4n) is 1.91. The normalized spacial score (nSPS) is 12.2. The number of halogens is 3. The number of rotatable bonds is 4. The third-order valence-electron chi connectivity index (χ3n) is 2.94. The van der Waals surface area contributed by atoms with Gasteiger partial charge in [0.1, 0.15) is 5.82 Å². The Morgan fingerprint density at radius 2 is 1.89 bits per heavy atom. The van der Waals surface area contributed by atoms with Crippen LogP contribution in [-0.4, -0.2) is 0 Å². The standard InChI is InChI=1S/C15H14ClFIN/c1-2-14(10-3-5-11(17)6-4-10)19-15-8-7-12(18)9-13(15)16/h3-9,14,19H,2H2,1H3. The number of hydrogen-bond acceptors (Lipinski definition) is 1. The summed E-state index contributed by atoms with van der Waals surface area (Å²) in [7, 11) is 0. The van der Waals surface area contributed by atoms with Crippen LogP contribution in [0.4, 0.5) is 10.1 Å². The largest absolute Gasteiger partial charge is 0.377 e. The van der Waals surface area contributed by atoms with Gasteiger partial charge in [-0.1, -0.05) is 30.7 Å². The van der Waals surface area contributed by atoms with Gasteiger partial charge in [-0.2, -0.15) is 0 Å². The fraction of sp³-hybridized carbons (Fsp3) is 0.200. The smallest absolute Gasteiger partial charge is 0.123 e. The molecule has 1 unspecified atom stereocenters. The summed E-state index contributed by atoms with van der Waals surface area (Å²) in [5.74, 6) is -0.217. The molecule has 19 heavy (non-hydrogen) atoms. The molecule has 0 fully saturated rings. The zero-order valence-electron chi connectivity index (χ0n) is 10.5. The molecule has 1 atom stereocenters. The van der Waals surface area contributed by atoms with Gasteiger partial charge in [0, 0.05) is 3.57 Å². The molecule has 0 bridgehead atoms. The van der Waals surface area contributed by atoms with Crippen LogP contribution in [0.2, 0.25) is 5.02 Å². The van der Waals surface area contributed by atoms with Crippen LogP contribution in [0.15, 0.2) is 42.5 Å². The van der Waals surface area contributed by atoms with E-state index in [1.54, 1.807) is 12.1 Å². The molecule has 0 saturated heterocycles. The highest BCUT2D eigenvalue weighted by molar-refractivity contribution is 14.1. The van der Waals surface area contributed by atoms with Gasteiger partial charge in [0.25, 0.3) is 0 Å². The lowest BCUT2D eigenvalue weighted by Gasteiger charge is -2.19. The molecule has 0 heterocycles. The first-order chi connectivity index (χ1) is 9.10. The van der Waals surface area contributed by atoms with Crippen LogP contribution >= 0.6 is 34.2 Å². The maximum atomic E-state index is 12.9. The topological polar surface area (TPSA) is 12.0 Å². The van der Waals surface area contributed by atoms with E-state index in [2.05, 4.69) is 34.8 Å². The third-order valence-corrected chi connectivity index (χ3v) is 3.93. The Bertz CT molecular complexity index is 557. The Labute approximate surface area is 131 Å². The SMILES string of the molecule is CCC(Nc1ccc(I)cc1Cl)c1ccc(F)cc1. The first-order valence-corrected chi connectivity index (χ1v) is 7.53. The van der Waals surface area contributed by atoms with Gasteiger partial charge in [-0.25, -0.2) is 4.39 Å². The predicted octanol–water partition coefficient (Wildman–Crippen LogP) is 5.65. The predicted molar refractivity (Wildman–Crippen MR) is 87.2 cm³/mol. The summed E-state index contributed by atoms with van der Waals surface area (Å²) in [5.41, 5.74) is 1.96. The van der Waals surface area contributed by atoms with Crippen molar-refractivity contribution in [3.63, 3.8) is 0 Å². The molecule has 0 saturated carbocycles. The van der Waals surface area contributed by atoms with E-state index >= 15 is 0 Å². The maximum absolute atomic E-state index is 12.9. The molecule has 2 aromatic rings. The Hall–Kier alpha value is -0.810. The van der Waals surface area contributed by atoms with Crippen molar-refractivity contribution in [3.8, 4) is 0 Å². The van der Waals surface area contributed by atoms with Gasteiger partial charge in [0.05, 0.1) is 16.8 Å². The molecule has 0 radical (unpaired) electrons. The number of benzene rings is 2. The maximum Gasteiger partial charge on any atom is 0.123 e. The average molecular weight is 390 g/mol. The average Bonchev–Trinajstić information content (AvgIpc) is 2.39. The van der Waals surface area contributed by atoms with Crippen molar-refractivity contribution in [2.45, 2.75) is 19.4 Å². The van der Waals surface area contributed by atoms with Crippen molar-refractivity contribution in [2.75, 3.05) is 5.32 Å². The Morgan fingerprint density at radius 1 is 1.21 bits per heavy atom. The van der Waals surface area contributed by atoms with Crippen molar-refractivity contribution in [1.82, 2.24) is 0 Å². The summed E-state index contributed by atoms with van der Waals surface area (Å²) < 4.78 is 14.0. The summed E-state index contributed by atoms with van der Waals surface area (Å²) in [6.45, 7) is 2.08. The third kappa shape index (κ3) is 3.83. The Kier molecular flexibility index (Phi) is 5.05. The molecule has 0 aromatic heterocycles. The minimum Gasteiger partial charge on any atom is -0.377 e. The second kappa shape index (κ2) is 6.57. The van der Waals surface area contributed by atoms with Crippen molar-refractivity contribution >= 4 is 39.9 Å². The molecule has 1 N–H and O–H groups in total. The van der Waals surface area contributed by atoms with Crippen LogP contribution in [0.3, 0.4) is 0 Å². The lowest BCUT2D eigenvalue weighted by molar-refractivity contribution is 0.625. The van der Waals surface area contributed by atoms with Crippen molar-refractivity contribution in [1.29, 1.82) is 0 Å². The first kappa shape index (κ1) is 14.6. The summed E-state index contributed by atoms with van der Waals surface area (Å²) in [5, 5.41) is 4.10. The zero-order valence-corrected chi connectivity index (χ0v) is 13.4. The monoisotopic (exact) mass is 389 g/mol. The highest BCUT2D eigenvalue weighted by Gasteiger charge is 2.11. The van der Waals surface area contributed by atoms with Gasteiger partial charge in [0.15, 0.2) is 0 Å². The van der Waals surface area contributed by atoms with Crippen LogP contribution < -0.4 is 5.32 Å². The lowest BCUT2D eigenvalue weighted by atomic mass is 10.0. The van der Waals surface area contributed by atoms with E-state index in [1.807, 2.05) is 18.2 Å². The zero-order chi connectivity index (χ0) is 13.8. The summed E-state index contributed by atoms with van der Waals surface area (Å²) in [6, 6.07) is 12.6. The first-order valence-electron chi connectivity index (χ1n) is 6.07. The van der Waals surface area contributed by atoms with Crippen LogP contribution in [0.5, 0.6) is 0 Å². The molecule has 2 rings (SSSR count). The molecule has 0 aliphatic rings. The van der Waals surface area contributed by atoms with Crippen LogP contribution in [0.25, 0.3) is 0 Å². The van der Waals surface area contributed by atoms with Crippen LogP contribution in [-0.2, 0) is 0 Å². The van der Waals surface area contributed by atoms with Gasteiger partial charge in [-0.05, 0) is 64.9 Å². The second-order valence-corrected chi connectivity index (χ2v) is 5.93. The van der Waals surface area contributed by atoms with Gasteiger partial charge < -0.3 is 5.32 Å². The molecule has 4 heteroatoms. The molecule has 100 valence electrons. The van der Waals surface area contributed by atoms with E-state index in [4.69, 9.17) is 11.6 Å². The molecule has 0 aliphatic carbocycles. The van der Waals surface area contributed by atoms with Crippen LogP contribution in [0.1, 0.15) is 24.9 Å². The van der Waals surface area contributed by atoms with E-state index < -0.39 is 0 Å². The number of anilines is 1. The van der Waals surface area contributed by atoms with Crippen LogP contribution in [0, 0.1) is 9.39 Å². The molecule has 2 aromatic carbocycles. The van der Waals surface area contributed by atoms with Gasteiger partial charge in [-0.3, -0.25) is 0 Å². The van der Waals surface area contributed by atoms with Crippen molar-refractivity contribution in [2.24, 2.45) is 0 Å². The van der Waals surface area contributed by atoms with Gasteiger partial charge in [0.2, 0.25) is 0 Å². The summed E-state index contributed by atoms with van der Waals surface area (Å²) >= 11 is 8.44. The van der Waals surface area contributed by atoms with Gasteiger partial charge in [-0.15, -0.1) is 0 Å². The second-order valence-electron chi connectivity index (χ2n) is 4.28. The number of nitrogens with one attached hydrogen (secondary N) is 1.